The molecule has 0 aliphatic carbocycles. The first kappa shape index (κ1) is 17.0. The molecule has 0 saturated carbocycles. The molecule has 3 rings (SSSR count). The van der Waals surface area contributed by atoms with Crippen molar-refractivity contribution in [3.8, 4) is 0 Å². The molecule has 0 aromatic heterocycles. The van der Waals surface area contributed by atoms with E-state index in [1.165, 1.54) is 0 Å². The van der Waals surface area contributed by atoms with E-state index in [-0.39, 0.29) is 5.76 Å². The number of rotatable bonds is 5. The third-order valence-corrected chi connectivity index (χ3v) is 6.39. The fraction of sp³-hybridized carbons (Fsp3) is 0. The van der Waals surface area contributed by atoms with E-state index in [1.807, 2.05) is 91.0 Å². The highest BCUT2D eigenvalue weighted by Gasteiger charge is 2.24. The van der Waals surface area contributed by atoms with Gasteiger partial charge in [0.2, 0.25) is 0 Å². The summed E-state index contributed by atoms with van der Waals surface area (Å²) in [5.74, 6) is 1.62. The van der Waals surface area contributed by atoms with E-state index in [9.17, 15) is 10.2 Å². The average molecular weight is 345 g/mol. The predicted molar refractivity (Wildman–Crippen MR) is 103 cm³/mol. The van der Waals surface area contributed by atoms with Gasteiger partial charge in [0.05, 0.1) is 13.7 Å². The molecule has 0 N–H and O–H groups in total. The average Bonchev–Trinajstić information content (AvgIpc) is 2.69. The Morgan fingerprint density at radius 3 is 1.68 bits per heavy atom. The summed E-state index contributed by atoms with van der Waals surface area (Å²) >= 11 is 0. The van der Waals surface area contributed by atoms with Crippen molar-refractivity contribution in [2.24, 2.45) is 0 Å². The van der Waals surface area contributed by atoms with Crippen LogP contribution in [0.3, 0.4) is 0 Å². The third-order valence-electron chi connectivity index (χ3n) is 3.91. The molecule has 0 fully saturated rings. The van der Waals surface area contributed by atoms with Crippen LogP contribution in [-0.2, 0) is 0 Å². The zero-order valence-corrected chi connectivity index (χ0v) is 14.6. The molecule has 1 unspecified atom stereocenters. The molecular weight excluding hydrogens is 327 g/mol. The van der Waals surface area contributed by atoms with Gasteiger partial charge in [0.1, 0.15) is 10.6 Å². The summed E-state index contributed by atoms with van der Waals surface area (Å²) in [6, 6.07) is 28.6. The number of hydrogen-bond donors (Lipinski definition) is 0. The lowest BCUT2D eigenvalue weighted by atomic mass is 10.1. The van der Waals surface area contributed by atoms with Gasteiger partial charge in [0.15, 0.2) is 0 Å². The van der Waals surface area contributed by atoms with Crippen molar-refractivity contribution in [2.45, 2.75) is 0 Å². The molecule has 0 radical (unpaired) electrons. The maximum Gasteiger partial charge on any atom is 0.101 e. The second-order valence-corrected chi connectivity index (χ2v) is 7.76. The van der Waals surface area contributed by atoms with Crippen molar-refractivity contribution in [1.82, 2.24) is 0 Å². The first-order chi connectivity index (χ1) is 12.3. The Bertz CT molecular complexity index is 856. The SMILES string of the molecule is [O-]/C=C/[PH+](/C(=C(\[O-])c1ccccc1)c1ccccc1)c1ccccc1. The standard InChI is InChI=1S/C22H19O2P/c23-16-17-25(20-14-8-3-9-15-20)22(19-12-6-2-7-13-19)21(24)18-10-4-1-5-11-18/h1-17,23-24H/p-1/b17-16+,22-21-. The van der Waals surface area contributed by atoms with Crippen LogP contribution in [0.1, 0.15) is 11.1 Å². The molecule has 0 aliphatic rings. The molecule has 124 valence electrons. The highest BCUT2D eigenvalue weighted by atomic mass is 31.1. The fourth-order valence-corrected chi connectivity index (χ4v) is 4.96. The summed E-state index contributed by atoms with van der Waals surface area (Å²) in [5.41, 5.74) is 1.51. The normalized spacial score (nSPS) is 13.4. The van der Waals surface area contributed by atoms with Gasteiger partial charge in [-0.15, -0.1) is 6.26 Å². The van der Waals surface area contributed by atoms with Gasteiger partial charge < -0.3 is 10.2 Å². The van der Waals surface area contributed by atoms with E-state index in [2.05, 4.69) is 0 Å². The Labute approximate surface area is 149 Å². The molecule has 0 aliphatic heterocycles. The van der Waals surface area contributed by atoms with Crippen LogP contribution in [0, 0.1) is 0 Å². The van der Waals surface area contributed by atoms with Gasteiger partial charge in [0, 0.05) is 5.56 Å². The molecule has 25 heavy (non-hydrogen) atoms. The Hall–Kier alpha value is -2.83. The van der Waals surface area contributed by atoms with Gasteiger partial charge in [-0.05, 0) is 17.7 Å². The van der Waals surface area contributed by atoms with Crippen molar-refractivity contribution < 1.29 is 10.2 Å². The van der Waals surface area contributed by atoms with E-state index in [0.29, 0.717) is 10.9 Å². The van der Waals surface area contributed by atoms with Crippen molar-refractivity contribution >= 4 is 24.3 Å². The summed E-state index contributed by atoms with van der Waals surface area (Å²) in [6.45, 7) is 0. The molecule has 0 bridgehead atoms. The van der Waals surface area contributed by atoms with E-state index < -0.39 is 7.92 Å². The molecule has 2 nitrogen and oxygen atoms in total. The monoisotopic (exact) mass is 345 g/mol. The highest BCUT2D eigenvalue weighted by Crippen LogP contribution is 2.52. The van der Waals surface area contributed by atoms with Crippen LogP contribution in [0.15, 0.2) is 103 Å². The minimum atomic E-state index is -1.64. The maximum absolute atomic E-state index is 13.3. The van der Waals surface area contributed by atoms with Gasteiger partial charge in [0.25, 0.3) is 0 Å². The number of hydrogen-bond acceptors (Lipinski definition) is 2. The Kier molecular flexibility index (Phi) is 5.66. The van der Waals surface area contributed by atoms with Crippen LogP contribution in [0.4, 0.5) is 0 Å². The lowest BCUT2D eigenvalue weighted by Crippen LogP contribution is -2.09. The highest BCUT2D eigenvalue weighted by molar-refractivity contribution is 7.78. The molecule has 3 aromatic rings. The third kappa shape index (κ3) is 3.99. The second kappa shape index (κ2) is 8.32. The fourth-order valence-electron chi connectivity index (χ4n) is 2.76. The Morgan fingerprint density at radius 2 is 1.16 bits per heavy atom. The zero-order valence-electron chi connectivity index (χ0n) is 13.6. The summed E-state index contributed by atoms with van der Waals surface area (Å²) in [4.78, 5) is 0. The molecular formula is C22H18O2P-. The topological polar surface area (TPSA) is 46.1 Å². The quantitative estimate of drug-likeness (QED) is 0.405. The zero-order chi connectivity index (χ0) is 17.5. The van der Waals surface area contributed by atoms with Gasteiger partial charge >= 0.3 is 0 Å². The van der Waals surface area contributed by atoms with Gasteiger partial charge in [-0.2, -0.15) is 0 Å². The second-order valence-electron chi connectivity index (χ2n) is 5.52. The van der Waals surface area contributed by atoms with Crippen molar-refractivity contribution in [3.63, 3.8) is 0 Å². The largest absolute Gasteiger partial charge is 0.876 e. The minimum Gasteiger partial charge on any atom is -0.876 e. The van der Waals surface area contributed by atoms with E-state index in [0.717, 1.165) is 17.1 Å². The lowest BCUT2D eigenvalue weighted by Gasteiger charge is -2.21. The lowest BCUT2D eigenvalue weighted by molar-refractivity contribution is -0.274. The molecule has 0 spiro atoms. The summed E-state index contributed by atoms with van der Waals surface area (Å²) in [5, 5.41) is 26.3. The van der Waals surface area contributed by atoms with Gasteiger partial charge in [-0.3, -0.25) is 0 Å². The van der Waals surface area contributed by atoms with Crippen LogP contribution < -0.4 is 15.5 Å². The van der Waals surface area contributed by atoms with E-state index in [1.54, 1.807) is 5.82 Å². The molecule has 1 atom stereocenters. The van der Waals surface area contributed by atoms with Crippen molar-refractivity contribution in [3.05, 3.63) is 114 Å². The molecule has 3 aromatic carbocycles. The summed E-state index contributed by atoms with van der Waals surface area (Å²) in [7, 11) is -1.64. The van der Waals surface area contributed by atoms with Gasteiger partial charge in [-0.25, -0.2) is 0 Å². The Morgan fingerprint density at radius 1 is 0.680 bits per heavy atom. The number of benzene rings is 3. The van der Waals surface area contributed by atoms with Gasteiger partial charge in [-0.1, -0.05) is 84.6 Å². The van der Waals surface area contributed by atoms with Crippen LogP contribution >= 0.6 is 7.92 Å². The van der Waals surface area contributed by atoms with E-state index >= 15 is 0 Å². The van der Waals surface area contributed by atoms with Crippen LogP contribution in [0.25, 0.3) is 11.1 Å². The molecule has 0 heterocycles. The van der Waals surface area contributed by atoms with Crippen LogP contribution in [0.2, 0.25) is 0 Å². The molecule has 3 heteroatoms. The predicted octanol–water partition coefficient (Wildman–Crippen LogP) is 3.24. The molecule has 0 amide bonds. The maximum atomic E-state index is 13.3. The Balaban J connectivity index is 2.23. The minimum absolute atomic E-state index is 0.0253. The smallest absolute Gasteiger partial charge is 0.101 e. The van der Waals surface area contributed by atoms with Crippen LogP contribution in [-0.4, -0.2) is 0 Å². The first-order valence-corrected chi connectivity index (χ1v) is 9.62. The van der Waals surface area contributed by atoms with Crippen molar-refractivity contribution in [2.75, 3.05) is 0 Å². The summed E-state index contributed by atoms with van der Waals surface area (Å²) in [6.07, 6.45) is 0.808. The van der Waals surface area contributed by atoms with Crippen LogP contribution in [0.5, 0.6) is 0 Å². The molecule has 0 saturated heterocycles. The summed E-state index contributed by atoms with van der Waals surface area (Å²) < 4.78 is 0. The first-order valence-electron chi connectivity index (χ1n) is 8.04. The van der Waals surface area contributed by atoms with E-state index in [4.69, 9.17) is 0 Å². The van der Waals surface area contributed by atoms with Crippen molar-refractivity contribution in [1.29, 1.82) is 0 Å².